The van der Waals surface area contributed by atoms with E-state index < -0.39 is 0 Å². The van der Waals surface area contributed by atoms with E-state index in [1.54, 1.807) is 0 Å². The summed E-state index contributed by atoms with van der Waals surface area (Å²) in [7, 11) is 2.04. The monoisotopic (exact) mass is 131 g/mol. The van der Waals surface area contributed by atoms with Gasteiger partial charge in [-0.25, -0.2) is 0 Å². The molecule has 1 N–H and O–H groups in total. The molecular weight excluding hydrogens is 118 g/mol. The minimum atomic E-state index is 0.787. The van der Waals surface area contributed by atoms with Gasteiger partial charge in [0, 0.05) is 17.0 Å². The van der Waals surface area contributed by atoms with Gasteiger partial charge in [-0.3, -0.25) is 0 Å². The van der Waals surface area contributed by atoms with Gasteiger partial charge < -0.3 is 5.32 Å². The molecule has 0 spiro atoms. The van der Waals surface area contributed by atoms with Gasteiger partial charge in [0.1, 0.15) is 0 Å². The Balaban J connectivity index is 2.22. The molecule has 1 rings (SSSR count). The van der Waals surface area contributed by atoms with Crippen molar-refractivity contribution in [2.75, 3.05) is 12.8 Å². The molecule has 0 aromatic carbocycles. The van der Waals surface area contributed by atoms with Gasteiger partial charge in [0.05, 0.1) is 0 Å². The van der Waals surface area contributed by atoms with Crippen molar-refractivity contribution in [3.63, 3.8) is 0 Å². The first-order chi connectivity index (χ1) is 3.83. The summed E-state index contributed by atoms with van der Waals surface area (Å²) in [4.78, 5) is 0. The van der Waals surface area contributed by atoms with Crippen LogP contribution in [0.3, 0.4) is 0 Å². The Labute approximate surface area is 55.2 Å². The van der Waals surface area contributed by atoms with Gasteiger partial charge in [0.2, 0.25) is 0 Å². The Bertz CT molecular complexity index is 74.9. The summed E-state index contributed by atoms with van der Waals surface area (Å²) in [5, 5.41) is 4.16. The van der Waals surface area contributed by atoms with Crippen LogP contribution in [-0.4, -0.2) is 24.1 Å². The van der Waals surface area contributed by atoms with Crippen molar-refractivity contribution >= 4 is 11.8 Å². The second kappa shape index (κ2) is 2.74. The molecule has 0 aliphatic carbocycles. The minimum Gasteiger partial charge on any atom is -0.316 e. The molecule has 2 unspecified atom stereocenters. The molecule has 1 heterocycles. The molecule has 2 atom stereocenters. The van der Waals surface area contributed by atoms with E-state index in [-0.39, 0.29) is 0 Å². The van der Waals surface area contributed by atoms with Crippen molar-refractivity contribution in [3.05, 3.63) is 0 Å². The zero-order chi connectivity index (χ0) is 5.98. The van der Waals surface area contributed by atoms with Gasteiger partial charge in [-0.05, 0) is 13.5 Å². The van der Waals surface area contributed by atoms with Crippen LogP contribution < -0.4 is 5.32 Å². The minimum absolute atomic E-state index is 0.787. The summed E-state index contributed by atoms with van der Waals surface area (Å²) in [6.45, 7) is 2.29. The summed E-state index contributed by atoms with van der Waals surface area (Å²) in [5.74, 6) is 1.30. The number of hydrogen-bond donors (Lipinski definition) is 1. The van der Waals surface area contributed by atoms with Crippen LogP contribution in [0.15, 0.2) is 0 Å². The Morgan fingerprint density at radius 2 is 2.38 bits per heavy atom. The van der Waals surface area contributed by atoms with E-state index in [1.165, 1.54) is 12.2 Å². The molecule has 1 fully saturated rings. The molecule has 2 heteroatoms. The zero-order valence-electron chi connectivity index (χ0n) is 5.48. The van der Waals surface area contributed by atoms with E-state index >= 15 is 0 Å². The predicted molar refractivity (Wildman–Crippen MR) is 39.4 cm³/mol. The average molecular weight is 131 g/mol. The van der Waals surface area contributed by atoms with Gasteiger partial charge in [-0.1, -0.05) is 6.92 Å². The lowest BCUT2D eigenvalue weighted by molar-refractivity contribution is 0.596. The molecule has 0 saturated carbocycles. The Kier molecular flexibility index (Phi) is 2.20. The zero-order valence-corrected chi connectivity index (χ0v) is 6.29. The van der Waals surface area contributed by atoms with Crippen LogP contribution in [0.1, 0.15) is 13.3 Å². The summed E-state index contributed by atoms with van der Waals surface area (Å²) in [5.41, 5.74) is 0. The Morgan fingerprint density at radius 3 is 2.62 bits per heavy atom. The maximum atomic E-state index is 3.27. The molecule has 0 aromatic rings. The molecule has 0 aromatic heterocycles. The summed E-state index contributed by atoms with van der Waals surface area (Å²) >= 11 is 2.07. The topological polar surface area (TPSA) is 12.0 Å². The van der Waals surface area contributed by atoms with Crippen molar-refractivity contribution in [1.82, 2.24) is 5.32 Å². The molecular formula is C6H13NS. The van der Waals surface area contributed by atoms with E-state index in [1.807, 2.05) is 7.05 Å². The third-order valence-electron chi connectivity index (χ3n) is 1.61. The van der Waals surface area contributed by atoms with Gasteiger partial charge in [0.15, 0.2) is 0 Å². The molecule has 0 radical (unpaired) electrons. The van der Waals surface area contributed by atoms with Crippen LogP contribution in [0.4, 0.5) is 0 Å². The molecule has 1 saturated heterocycles. The van der Waals surface area contributed by atoms with E-state index in [9.17, 15) is 0 Å². The standard InChI is InChI=1S/C6H13NS/c1-5-3-6(7-2)4-8-5/h5-7H,3-4H2,1-2H3. The van der Waals surface area contributed by atoms with Gasteiger partial charge >= 0.3 is 0 Å². The van der Waals surface area contributed by atoms with Crippen molar-refractivity contribution in [1.29, 1.82) is 0 Å². The van der Waals surface area contributed by atoms with Gasteiger partial charge in [0.25, 0.3) is 0 Å². The van der Waals surface area contributed by atoms with E-state index in [0.29, 0.717) is 0 Å². The third-order valence-corrected chi connectivity index (χ3v) is 2.96. The first-order valence-corrected chi connectivity index (χ1v) is 4.16. The Morgan fingerprint density at radius 1 is 1.62 bits per heavy atom. The number of rotatable bonds is 1. The number of nitrogens with one attached hydrogen (secondary N) is 1. The van der Waals surface area contributed by atoms with Crippen LogP contribution in [0.25, 0.3) is 0 Å². The first-order valence-electron chi connectivity index (χ1n) is 3.12. The lowest BCUT2D eigenvalue weighted by Gasteiger charge is -2.03. The SMILES string of the molecule is CNC1CSC(C)C1. The maximum Gasteiger partial charge on any atom is 0.0165 e. The molecule has 1 aliphatic heterocycles. The molecule has 1 aliphatic rings. The quantitative estimate of drug-likeness (QED) is 0.572. The fourth-order valence-corrected chi connectivity index (χ4v) is 2.25. The van der Waals surface area contributed by atoms with E-state index in [0.717, 1.165) is 11.3 Å². The van der Waals surface area contributed by atoms with Crippen LogP contribution in [0.5, 0.6) is 0 Å². The molecule has 8 heavy (non-hydrogen) atoms. The van der Waals surface area contributed by atoms with Crippen molar-refractivity contribution < 1.29 is 0 Å². The highest BCUT2D eigenvalue weighted by Gasteiger charge is 2.19. The smallest absolute Gasteiger partial charge is 0.0165 e. The van der Waals surface area contributed by atoms with Crippen molar-refractivity contribution in [2.45, 2.75) is 24.6 Å². The summed E-state index contributed by atoms with van der Waals surface area (Å²) in [6, 6.07) is 0.787. The van der Waals surface area contributed by atoms with Crippen LogP contribution in [0.2, 0.25) is 0 Å². The highest BCUT2D eigenvalue weighted by molar-refractivity contribution is 8.00. The number of thioether (sulfide) groups is 1. The van der Waals surface area contributed by atoms with E-state index in [4.69, 9.17) is 0 Å². The van der Waals surface area contributed by atoms with E-state index in [2.05, 4.69) is 24.0 Å². The normalized spacial score (nSPS) is 38.2. The molecule has 0 bridgehead atoms. The second-order valence-corrected chi connectivity index (χ2v) is 3.84. The average Bonchev–Trinajstić information content (AvgIpc) is 2.14. The molecule has 1 nitrogen and oxygen atoms in total. The lowest BCUT2D eigenvalue weighted by atomic mass is 10.2. The highest BCUT2D eigenvalue weighted by Crippen LogP contribution is 2.25. The van der Waals surface area contributed by atoms with Crippen molar-refractivity contribution in [2.24, 2.45) is 0 Å². The Hall–Kier alpha value is 0.310. The molecule has 0 amide bonds. The van der Waals surface area contributed by atoms with Crippen molar-refractivity contribution in [3.8, 4) is 0 Å². The fourth-order valence-electron chi connectivity index (χ4n) is 1.02. The lowest BCUT2D eigenvalue weighted by Crippen LogP contribution is -2.24. The maximum absolute atomic E-state index is 3.27. The first kappa shape index (κ1) is 6.43. The van der Waals surface area contributed by atoms with Gasteiger partial charge in [-0.15, -0.1) is 0 Å². The summed E-state index contributed by atoms with van der Waals surface area (Å²) < 4.78 is 0. The molecule has 48 valence electrons. The van der Waals surface area contributed by atoms with Crippen LogP contribution in [0, 0.1) is 0 Å². The van der Waals surface area contributed by atoms with Crippen LogP contribution in [-0.2, 0) is 0 Å². The van der Waals surface area contributed by atoms with Crippen LogP contribution >= 0.6 is 11.8 Å². The summed E-state index contributed by atoms with van der Waals surface area (Å²) in [6.07, 6.45) is 1.35. The largest absolute Gasteiger partial charge is 0.316 e. The second-order valence-electron chi connectivity index (χ2n) is 2.37. The third kappa shape index (κ3) is 1.39. The predicted octanol–water partition coefficient (Wildman–Crippen LogP) is 1.10. The fraction of sp³-hybridized carbons (Fsp3) is 1.00. The highest BCUT2D eigenvalue weighted by atomic mass is 32.2. The van der Waals surface area contributed by atoms with Gasteiger partial charge in [-0.2, -0.15) is 11.8 Å². The number of hydrogen-bond acceptors (Lipinski definition) is 2.